The van der Waals surface area contributed by atoms with Gasteiger partial charge in [0, 0.05) is 9.26 Å². The first kappa shape index (κ1) is 18.6. The number of benzene rings is 2. The summed E-state index contributed by atoms with van der Waals surface area (Å²) in [7, 11) is 1.31. The van der Waals surface area contributed by atoms with Crippen LogP contribution in [-0.4, -0.2) is 24.1 Å². The van der Waals surface area contributed by atoms with Crippen molar-refractivity contribution in [2.75, 3.05) is 12.4 Å². The van der Waals surface area contributed by atoms with Crippen molar-refractivity contribution in [3.05, 3.63) is 62.2 Å². The van der Waals surface area contributed by atoms with Crippen molar-refractivity contribution in [2.45, 2.75) is 0 Å². The van der Waals surface area contributed by atoms with Gasteiger partial charge in [-0.05, 0) is 77.3 Å². The van der Waals surface area contributed by atoms with Gasteiger partial charge in [-0.2, -0.15) is 0 Å². The third-order valence-electron chi connectivity index (χ3n) is 2.96. The highest BCUT2D eigenvalue weighted by atomic mass is 127. The molecule has 0 atom stereocenters. The van der Waals surface area contributed by atoms with Gasteiger partial charge in [0.2, 0.25) is 0 Å². The summed E-state index contributed by atoms with van der Waals surface area (Å²) < 4.78 is 5.51. The van der Waals surface area contributed by atoms with E-state index in [1.165, 1.54) is 7.11 Å². The lowest BCUT2D eigenvalue weighted by molar-refractivity contribution is 0.0600. The normalized spacial score (nSPS) is 9.96. The third kappa shape index (κ3) is 4.89. The molecule has 0 saturated carbocycles. The van der Waals surface area contributed by atoms with E-state index in [0.29, 0.717) is 21.8 Å². The highest BCUT2D eigenvalue weighted by molar-refractivity contribution is 14.1. The second-order valence-electron chi connectivity index (χ2n) is 4.60. The molecule has 0 unspecified atom stereocenters. The fourth-order valence-corrected chi connectivity index (χ4v) is 2.72. The van der Waals surface area contributed by atoms with Crippen LogP contribution in [0.2, 0.25) is 5.02 Å². The van der Waals surface area contributed by atoms with Crippen LogP contribution in [0.15, 0.2) is 42.5 Å². The summed E-state index contributed by atoms with van der Waals surface area (Å²) in [6, 6.07) is 11.6. The Morgan fingerprint density at radius 1 is 1.17 bits per heavy atom. The lowest BCUT2D eigenvalue weighted by Crippen LogP contribution is -2.34. The van der Waals surface area contributed by atoms with Crippen LogP contribution in [0.3, 0.4) is 0 Å². The fourth-order valence-electron chi connectivity index (χ4n) is 1.81. The summed E-state index contributed by atoms with van der Waals surface area (Å²) in [6.07, 6.45) is 0. The van der Waals surface area contributed by atoms with E-state index in [1.807, 2.05) is 0 Å². The number of esters is 1. The van der Waals surface area contributed by atoms with Crippen LogP contribution in [0.4, 0.5) is 5.69 Å². The fraction of sp³-hybridized carbons (Fsp3) is 0.0625. The van der Waals surface area contributed by atoms with Gasteiger partial charge in [-0.3, -0.25) is 10.1 Å². The highest BCUT2D eigenvalue weighted by Gasteiger charge is 2.12. The Kier molecular flexibility index (Phi) is 6.52. The number of rotatable bonds is 3. The van der Waals surface area contributed by atoms with Gasteiger partial charge in [0.05, 0.1) is 23.3 Å². The maximum Gasteiger partial charge on any atom is 0.337 e. The van der Waals surface area contributed by atoms with Crippen molar-refractivity contribution in [3.8, 4) is 0 Å². The molecule has 24 heavy (non-hydrogen) atoms. The van der Waals surface area contributed by atoms with E-state index in [2.05, 4.69) is 38.0 Å². The van der Waals surface area contributed by atoms with Crippen LogP contribution >= 0.6 is 46.4 Å². The van der Waals surface area contributed by atoms with Gasteiger partial charge < -0.3 is 10.1 Å². The number of nitrogens with one attached hydrogen (secondary N) is 2. The minimum Gasteiger partial charge on any atom is -0.465 e. The Hall–Kier alpha value is -1.71. The van der Waals surface area contributed by atoms with E-state index in [4.69, 9.17) is 23.8 Å². The lowest BCUT2D eigenvalue weighted by Gasteiger charge is -2.11. The Morgan fingerprint density at radius 2 is 1.83 bits per heavy atom. The van der Waals surface area contributed by atoms with E-state index in [0.717, 1.165) is 3.57 Å². The molecule has 1 amide bonds. The summed E-state index contributed by atoms with van der Waals surface area (Å²) in [6.45, 7) is 0. The van der Waals surface area contributed by atoms with Gasteiger partial charge in [-0.25, -0.2) is 4.79 Å². The average Bonchev–Trinajstić information content (AvgIpc) is 2.56. The van der Waals surface area contributed by atoms with Crippen molar-refractivity contribution in [1.82, 2.24) is 5.32 Å². The molecule has 124 valence electrons. The van der Waals surface area contributed by atoms with Crippen molar-refractivity contribution >= 4 is 69.1 Å². The quantitative estimate of drug-likeness (QED) is 0.402. The van der Waals surface area contributed by atoms with Crippen molar-refractivity contribution < 1.29 is 14.3 Å². The molecule has 0 radical (unpaired) electrons. The first-order chi connectivity index (χ1) is 11.4. The van der Waals surface area contributed by atoms with Gasteiger partial charge in [0.15, 0.2) is 5.11 Å². The summed E-state index contributed by atoms with van der Waals surface area (Å²) >= 11 is 13.2. The number of anilines is 1. The predicted molar refractivity (Wildman–Crippen MR) is 106 cm³/mol. The molecule has 2 rings (SSSR count). The molecule has 5 nitrogen and oxygen atoms in total. The van der Waals surface area contributed by atoms with Gasteiger partial charge in [-0.15, -0.1) is 0 Å². The zero-order valence-electron chi connectivity index (χ0n) is 12.4. The van der Waals surface area contributed by atoms with Gasteiger partial charge in [-0.1, -0.05) is 11.6 Å². The molecule has 0 aliphatic heterocycles. The van der Waals surface area contributed by atoms with Gasteiger partial charge >= 0.3 is 5.97 Å². The van der Waals surface area contributed by atoms with Crippen LogP contribution in [0.1, 0.15) is 20.7 Å². The highest BCUT2D eigenvalue weighted by Crippen LogP contribution is 2.18. The number of methoxy groups -OCH3 is 1. The average molecular weight is 475 g/mol. The van der Waals surface area contributed by atoms with Crippen molar-refractivity contribution in [2.24, 2.45) is 0 Å². The zero-order chi connectivity index (χ0) is 17.7. The number of halogens is 2. The Balaban J connectivity index is 2.01. The van der Waals surface area contributed by atoms with E-state index in [9.17, 15) is 9.59 Å². The molecule has 8 heteroatoms. The van der Waals surface area contributed by atoms with Crippen LogP contribution in [0.25, 0.3) is 0 Å². The molecule has 2 aromatic carbocycles. The molecule has 2 N–H and O–H groups in total. The molecule has 0 heterocycles. The number of hydrogen-bond donors (Lipinski definition) is 2. The van der Waals surface area contributed by atoms with Gasteiger partial charge in [0.25, 0.3) is 5.91 Å². The van der Waals surface area contributed by atoms with E-state index < -0.39 is 11.9 Å². The molecule has 0 bridgehead atoms. The first-order valence-electron chi connectivity index (χ1n) is 6.66. The second kappa shape index (κ2) is 8.41. The maximum atomic E-state index is 12.2. The monoisotopic (exact) mass is 474 g/mol. The maximum absolute atomic E-state index is 12.2. The number of hydrogen-bond acceptors (Lipinski definition) is 4. The Morgan fingerprint density at radius 3 is 2.46 bits per heavy atom. The van der Waals surface area contributed by atoms with E-state index in [-0.39, 0.29) is 5.11 Å². The molecule has 0 aromatic heterocycles. The standard InChI is InChI=1S/C16H12ClIN2O3S/c1-23-15(22)9-2-5-11(6-3-9)19-16(24)20-14(21)12-8-10(18)4-7-13(12)17/h2-8H,1H3,(H2,19,20,21,24). The van der Waals surface area contributed by atoms with E-state index >= 15 is 0 Å². The second-order valence-corrected chi connectivity index (χ2v) is 6.66. The minimum absolute atomic E-state index is 0.126. The predicted octanol–water partition coefficient (Wildman–Crippen LogP) is 3.86. The van der Waals surface area contributed by atoms with Crippen LogP contribution in [0.5, 0.6) is 0 Å². The van der Waals surface area contributed by atoms with Gasteiger partial charge in [0.1, 0.15) is 0 Å². The SMILES string of the molecule is COC(=O)c1ccc(NC(=S)NC(=O)c2cc(I)ccc2Cl)cc1. The number of ether oxygens (including phenoxy) is 1. The first-order valence-corrected chi connectivity index (χ1v) is 8.53. The number of carbonyl (C=O) groups is 2. The van der Waals surface area contributed by atoms with Crippen LogP contribution < -0.4 is 10.6 Å². The molecule has 2 aromatic rings. The minimum atomic E-state index is -0.425. The molecular formula is C16H12ClIN2O3S. The molecule has 0 aliphatic rings. The van der Waals surface area contributed by atoms with E-state index in [1.54, 1.807) is 42.5 Å². The molecule has 0 saturated heterocycles. The van der Waals surface area contributed by atoms with Crippen LogP contribution in [0, 0.1) is 3.57 Å². The largest absolute Gasteiger partial charge is 0.465 e. The smallest absolute Gasteiger partial charge is 0.337 e. The summed E-state index contributed by atoms with van der Waals surface area (Å²) in [5.41, 5.74) is 1.39. The summed E-state index contributed by atoms with van der Waals surface area (Å²) in [4.78, 5) is 23.6. The number of carbonyl (C=O) groups excluding carboxylic acids is 2. The summed E-state index contributed by atoms with van der Waals surface area (Å²) in [5, 5.41) is 5.90. The number of amides is 1. The molecular weight excluding hydrogens is 463 g/mol. The topological polar surface area (TPSA) is 67.4 Å². The molecule has 0 fully saturated rings. The van der Waals surface area contributed by atoms with Crippen molar-refractivity contribution in [1.29, 1.82) is 0 Å². The molecule has 0 aliphatic carbocycles. The zero-order valence-corrected chi connectivity index (χ0v) is 16.2. The third-order valence-corrected chi connectivity index (χ3v) is 4.17. The lowest BCUT2D eigenvalue weighted by atomic mass is 10.2. The number of thiocarbonyl (C=S) groups is 1. The summed E-state index contributed by atoms with van der Waals surface area (Å²) in [5.74, 6) is -0.826. The molecule has 0 spiro atoms. The Labute approximate surface area is 162 Å². The Bertz CT molecular complexity index is 796. The van der Waals surface area contributed by atoms with Crippen molar-refractivity contribution in [3.63, 3.8) is 0 Å². The van der Waals surface area contributed by atoms with Crippen LogP contribution in [-0.2, 0) is 4.74 Å².